The van der Waals surface area contributed by atoms with Gasteiger partial charge < -0.3 is 5.32 Å². The average molecular weight is 299 g/mol. The minimum Gasteiger partial charge on any atom is -0.313 e. The molecule has 0 saturated heterocycles. The van der Waals surface area contributed by atoms with Crippen LogP contribution in [0, 0.1) is 19.7 Å². The Kier molecular flexibility index (Phi) is 4.55. The fourth-order valence-electron chi connectivity index (χ4n) is 1.95. The second-order valence-electron chi connectivity index (χ2n) is 4.46. The first kappa shape index (κ1) is 14.4. The third-order valence-electron chi connectivity index (χ3n) is 3.14. The second-order valence-corrected chi connectivity index (χ2v) is 6.18. The van der Waals surface area contributed by atoms with Crippen LogP contribution in [-0.2, 0) is 6.42 Å². The summed E-state index contributed by atoms with van der Waals surface area (Å²) in [7, 11) is 1.83. The van der Waals surface area contributed by atoms with Crippen molar-refractivity contribution >= 4 is 22.9 Å². The number of likely N-dealkylation sites (N-methyl/N-ethyl adjacent to an activating group) is 1. The number of aromatic nitrogens is 1. The number of nitrogens with zero attached hydrogens (tertiary/aromatic N) is 1. The molecular weight excluding hydrogens is 283 g/mol. The summed E-state index contributed by atoms with van der Waals surface area (Å²) in [6.07, 6.45) is 0.675. The molecule has 0 aliphatic heterocycles. The minimum absolute atomic E-state index is 0.0952. The number of halogens is 2. The zero-order valence-corrected chi connectivity index (χ0v) is 12.7. The van der Waals surface area contributed by atoms with Gasteiger partial charge in [0.2, 0.25) is 0 Å². The maximum absolute atomic E-state index is 13.9. The summed E-state index contributed by atoms with van der Waals surface area (Å²) in [6.45, 7) is 4.04. The number of benzene rings is 1. The molecule has 1 aromatic carbocycles. The number of rotatable bonds is 4. The Labute approximate surface area is 121 Å². The molecule has 0 saturated carbocycles. The van der Waals surface area contributed by atoms with E-state index in [1.807, 2.05) is 20.9 Å². The van der Waals surface area contributed by atoms with Gasteiger partial charge in [-0.15, -0.1) is 11.3 Å². The number of nitrogens with one attached hydrogen (secondary N) is 1. The standard InChI is InChI=1S/C14H16ClFN2S/c1-8-9(2)19-14(18-8)7-13(17-3)11-5-4-10(15)6-12(11)16/h4-6,13,17H,7H2,1-3H3. The van der Waals surface area contributed by atoms with E-state index in [4.69, 9.17) is 11.6 Å². The van der Waals surface area contributed by atoms with E-state index in [0.29, 0.717) is 17.0 Å². The van der Waals surface area contributed by atoms with Gasteiger partial charge in [0.1, 0.15) is 5.82 Å². The molecular formula is C14H16ClFN2S. The van der Waals surface area contributed by atoms with Crippen LogP contribution in [0.5, 0.6) is 0 Å². The third-order valence-corrected chi connectivity index (χ3v) is 4.47. The topological polar surface area (TPSA) is 24.9 Å². The Bertz CT molecular complexity index is 563. The van der Waals surface area contributed by atoms with E-state index in [9.17, 15) is 4.39 Å². The molecule has 1 atom stereocenters. The van der Waals surface area contributed by atoms with Crippen molar-refractivity contribution in [3.63, 3.8) is 0 Å². The first-order valence-electron chi connectivity index (χ1n) is 6.06. The Balaban J connectivity index is 2.24. The van der Waals surface area contributed by atoms with Crippen LogP contribution >= 0.6 is 22.9 Å². The second kappa shape index (κ2) is 5.99. The molecule has 102 valence electrons. The fraction of sp³-hybridized carbons (Fsp3) is 0.357. The van der Waals surface area contributed by atoms with Gasteiger partial charge in [0.15, 0.2) is 0 Å². The molecule has 19 heavy (non-hydrogen) atoms. The van der Waals surface area contributed by atoms with Crippen LogP contribution in [0.4, 0.5) is 4.39 Å². The van der Waals surface area contributed by atoms with Crippen molar-refractivity contribution in [2.45, 2.75) is 26.3 Å². The Morgan fingerprint density at radius 3 is 2.68 bits per heavy atom. The molecule has 0 aliphatic rings. The van der Waals surface area contributed by atoms with E-state index in [0.717, 1.165) is 10.7 Å². The van der Waals surface area contributed by atoms with Crippen molar-refractivity contribution < 1.29 is 4.39 Å². The van der Waals surface area contributed by atoms with Crippen molar-refractivity contribution in [3.8, 4) is 0 Å². The lowest BCUT2D eigenvalue weighted by atomic mass is 10.0. The highest BCUT2D eigenvalue weighted by molar-refractivity contribution is 7.11. The first-order valence-corrected chi connectivity index (χ1v) is 7.26. The number of thiazole rings is 1. The zero-order valence-electron chi connectivity index (χ0n) is 11.1. The monoisotopic (exact) mass is 298 g/mol. The number of aryl methyl sites for hydroxylation is 2. The highest BCUT2D eigenvalue weighted by atomic mass is 35.5. The van der Waals surface area contributed by atoms with Crippen LogP contribution in [0.1, 0.15) is 27.2 Å². The van der Waals surface area contributed by atoms with Crippen LogP contribution < -0.4 is 5.32 Å². The summed E-state index contributed by atoms with van der Waals surface area (Å²) in [5, 5.41) is 4.57. The third kappa shape index (κ3) is 3.32. The summed E-state index contributed by atoms with van der Waals surface area (Å²) < 4.78 is 13.9. The van der Waals surface area contributed by atoms with Crippen molar-refractivity contribution in [2.75, 3.05) is 7.05 Å². The van der Waals surface area contributed by atoms with E-state index in [2.05, 4.69) is 10.3 Å². The van der Waals surface area contributed by atoms with Gasteiger partial charge in [-0.05, 0) is 33.0 Å². The van der Waals surface area contributed by atoms with Gasteiger partial charge in [-0.1, -0.05) is 17.7 Å². The van der Waals surface area contributed by atoms with Gasteiger partial charge in [-0.2, -0.15) is 0 Å². The molecule has 0 bridgehead atoms. The maximum atomic E-state index is 13.9. The molecule has 1 N–H and O–H groups in total. The van der Waals surface area contributed by atoms with Gasteiger partial charge in [0.25, 0.3) is 0 Å². The van der Waals surface area contributed by atoms with E-state index < -0.39 is 0 Å². The number of hydrogen-bond acceptors (Lipinski definition) is 3. The highest BCUT2D eigenvalue weighted by Crippen LogP contribution is 2.26. The quantitative estimate of drug-likeness (QED) is 0.921. The summed E-state index contributed by atoms with van der Waals surface area (Å²) >= 11 is 7.44. The summed E-state index contributed by atoms with van der Waals surface area (Å²) in [5.41, 5.74) is 1.67. The highest BCUT2D eigenvalue weighted by Gasteiger charge is 2.17. The molecule has 1 aromatic heterocycles. The maximum Gasteiger partial charge on any atom is 0.129 e. The Morgan fingerprint density at radius 1 is 1.42 bits per heavy atom. The van der Waals surface area contributed by atoms with Crippen molar-refractivity contribution in [1.29, 1.82) is 0 Å². The predicted molar refractivity (Wildman–Crippen MR) is 78.5 cm³/mol. The van der Waals surface area contributed by atoms with Gasteiger partial charge in [-0.3, -0.25) is 0 Å². The molecule has 1 heterocycles. The van der Waals surface area contributed by atoms with Gasteiger partial charge in [-0.25, -0.2) is 9.37 Å². The first-order chi connectivity index (χ1) is 9.01. The molecule has 2 nitrogen and oxygen atoms in total. The zero-order chi connectivity index (χ0) is 14.0. The van der Waals surface area contributed by atoms with E-state index in [-0.39, 0.29) is 11.9 Å². The van der Waals surface area contributed by atoms with Crippen LogP contribution in [-0.4, -0.2) is 12.0 Å². The normalized spacial score (nSPS) is 12.7. The minimum atomic E-state index is -0.281. The van der Waals surface area contributed by atoms with Crippen molar-refractivity contribution in [2.24, 2.45) is 0 Å². The smallest absolute Gasteiger partial charge is 0.129 e. The molecule has 0 spiro atoms. The van der Waals surface area contributed by atoms with Gasteiger partial charge in [0, 0.05) is 27.9 Å². The lowest BCUT2D eigenvalue weighted by Gasteiger charge is -2.16. The van der Waals surface area contributed by atoms with E-state index >= 15 is 0 Å². The van der Waals surface area contributed by atoms with Crippen LogP contribution in [0.15, 0.2) is 18.2 Å². The summed E-state index contributed by atoms with van der Waals surface area (Å²) in [6, 6.07) is 4.69. The fourth-order valence-corrected chi connectivity index (χ4v) is 3.09. The number of hydrogen-bond donors (Lipinski definition) is 1. The molecule has 1 unspecified atom stereocenters. The molecule has 2 aromatic rings. The SMILES string of the molecule is CNC(Cc1nc(C)c(C)s1)c1ccc(Cl)cc1F. The average Bonchev–Trinajstić information content (AvgIpc) is 2.66. The Morgan fingerprint density at radius 2 is 2.16 bits per heavy atom. The van der Waals surface area contributed by atoms with E-state index in [1.165, 1.54) is 10.9 Å². The molecule has 0 amide bonds. The largest absolute Gasteiger partial charge is 0.313 e. The van der Waals surface area contributed by atoms with Crippen molar-refractivity contribution in [3.05, 3.63) is 50.2 Å². The Hall–Kier alpha value is -0.970. The molecule has 2 rings (SSSR count). The van der Waals surface area contributed by atoms with Crippen molar-refractivity contribution in [1.82, 2.24) is 10.3 Å². The summed E-state index contributed by atoms with van der Waals surface area (Å²) in [5.74, 6) is -0.281. The molecule has 0 aliphatic carbocycles. The van der Waals surface area contributed by atoms with Crippen LogP contribution in [0.2, 0.25) is 5.02 Å². The van der Waals surface area contributed by atoms with Crippen LogP contribution in [0.3, 0.4) is 0 Å². The molecule has 0 radical (unpaired) electrons. The molecule has 5 heteroatoms. The lowest BCUT2D eigenvalue weighted by Crippen LogP contribution is -2.20. The van der Waals surface area contributed by atoms with Gasteiger partial charge in [0.05, 0.1) is 10.7 Å². The lowest BCUT2D eigenvalue weighted by molar-refractivity contribution is 0.533. The molecule has 0 fully saturated rings. The van der Waals surface area contributed by atoms with Gasteiger partial charge >= 0.3 is 0 Å². The predicted octanol–water partition coefficient (Wildman–Crippen LogP) is 4.06. The van der Waals surface area contributed by atoms with E-state index in [1.54, 1.807) is 23.5 Å². The van der Waals surface area contributed by atoms with Crippen LogP contribution in [0.25, 0.3) is 0 Å². The summed E-state index contributed by atoms with van der Waals surface area (Å²) in [4.78, 5) is 5.71.